The highest BCUT2D eigenvalue weighted by atomic mass is 35.5. The Morgan fingerprint density at radius 2 is 1.54 bits per heavy atom. The summed E-state index contributed by atoms with van der Waals surface area (Å²) in [6.45, 7) is 0.933. The minimum atomic E-state index is -0.987. The first-order valence-corrected chi connectivity index (χ1v) is 17.1. The Morgan fingerprint density at radius 1 is 0.896 bits per heavy atom. The number of carbonyl (C=O) groups is 3. The number of alkyl carbamates (subject to hydrolysis) is 1. The number of likely N-dealkylation sites (tertiary alicyclic amines) is 1. The van der Waals surface area contributed by atoms with Gasteiger partial charge >= 0.3 is 12.1 Å². The van der Waals surface area contributed by atoms with E-state index < -0.39 is 23.5 Å². The highest BCUT2D eigenvalue weighted by molar-refractivity contribution is 6.30. The maximum absolute atomic E-state index is 14.3. The smallest absolute Gasteiger partial charge is 0.407 e. The van der Waals surface area contributed by atoms with Crippen molar-refractivity contribution in [3.05, 3.63) is 130 Å². The number of hydrogen-bond donors (Lipinski definition) is 2. The Balaban J connectivity index is 1.12. The Hall–Kier alpha value is -4.62. The van der Waals surface area contributed by atoms with Gasteiger partial charge in [0.1, 0.15) is 6.61 Å². The molecule has 3 aliphatic rings. The van der Waals surface area contributed by atoms with Crippen molar-refractivity contribution >= 4 is 29.6 Å². The average molecular weight is 663 g/mol. The van der Waals surface area contributed by atoms with Crippen LogP contribution in [-0.2, 0) is 27.2 Å². The fourth-order valence-corrected chi connectivity index (χ4v) is 8.41. The normalized spacial score (nSPS) is 20.4. The standard InChI is InChI=1S/C40H39ClN2O5/c41-28-17-14-26(15-18-28)23-40(42-39(47)48-24-36-32-12-5-3-10-30(32)31-11-4-6-13-33(31)36)20-7-21-43(25-40)38(46)35(22-37(44)45)34-19-16-27-8-1-2-9-29(27)34/h1-6,8-15,17-18,34-36H,7,16,19-25H2,(H,42,47)(H,44,45)/t34-,35+,40-/m1/s1. The summed E-state index contributed by atoms with van der Waals surface area (Å²) in [6.07, 6.45) is 2.56. The number of carboxylic acids is 1. The summed E-state index contributed by atoms with van der Waals surface area (Å²) in [5, 5.41) is 13.7. The number of nitrogens with zero attached hydrogens (tertiary/aromatic N) is 1. The number of carboxylic acid groups (broad SMARTS) is 1. The van der Waals surface area contributed by atoms with Gasteiger partial charge in [-0.3, -0.25) is 9.59 Å². The lowest BCUT2D eigenvalue weighted by molar-refractivity contribution is -0.146. The predicted octanol–water partition coefficient (Wildman–Crippen LogP) is 7.60. The first-order chi connectivity index (χ1) is 23.3. The molecule has 4 aromatic rings. The minimum Gasteiger partial charge on any atom is -0.481 e. The second-order valence-electron chi connectivity index (χ2n) is 13.4. The number of hydrogen-bond acceptors (Lipinski definition) is 4. The molecule has 3 atom stereocenters. The molecular formula is C40H39ClN2O5. The van der Waals surface area contributed by atoms with Crippen molar-refractivity contribution < 1.29 is 24.2 Å². The summed E-state index contributed by atoms with van der Waals surface area (Å²) < 4.78 is 5.99. The van der Waals surface area contributed by atoms with Crippen molar-refractivity contribution in [3.63, 3.8) is 0 Å². The molecule has 7 nitrogen and oxygen atoms in total. The summed E-state index contributed by atoms with van der Waals surface area (Å²) in [5.74, 6) is -2.09. The van der Waals surface area contributed by atoms with Gasteiger partial charge in [0.05, 0.1) is 17.9 Å². The van der Waals surface area contributed by atoms with Gasteiger partial charge in [-0.2, -0.15) is 0 Å². The fourth-order valence-electron chi connectivity index (χ4n) is 8.29. The van der Waals surface area contributed by atoms with E-state index >= 15 is 0 Å². The van der Waals surface area contributed by atoms with Gasteiger partial charge < -0.3 is 20.1 Å². The van der Waals surface area contributed by atoms with Crippen molar-refractivity contribution in [1.82, 2.24) is 10.2 Å². The van der Waals surface area contributed by atoms with Crippen molar-refractivity contribution in [1.29, 1.82) is 0 Å². The van der Waals surface area contributed by atoms with Crippen molar-refractivity contribution in [2.24, 2.45) is 5.92 Å². The van der Waals surface area contributed by atoms with E-state index in [-0.39, 0.29) is 37.3 Å². The number of aliphatic carboxylic acids is 1. The van der Waals surface area contributed by atoms with Crippen LogP contribution in [0.3, 0.4) is 0 Å². The third-order valence-corrected chi connectivity index (χ3v) is 10.7. The van der Waals surface area contributed by atoms with Crippen LogP contribution in [0, 0.1) is 5.92 Å². The number of benzene rings is 4. The quantitative estimate of drug-likeness (QED) is 0.192. The van der Waals surface area contributed by atoms with E-state index in [1.165, 1.54) is 5.56 Å². The largest absolute Gasteiger partial charge is 0.481 e. The number of nitrogens with one attached hydrogen (secondary N) is 1. The molecule has 0 bridgehead atoms. The van der Waals surface area contributed by atoms with E-state index in [0.29, 0.717) is 30.8 Å². The summed E-state index contributed by atoms with van der Waals surface area (Å²) in [7, 11) is 0. The first-order valence-electron chi connectivity index (χ1n) is 16.8. The van der Waals surface area contributed by atoms with E-state index in [1.807, 2.05) is 66.7 Å². The summed E-state index contributed by atoms with van der Waals surface area (Å²) in [6, 6.07) is 32.0. The van der Waals surface area contributed by atoms with E-state index in [9.17, 15) is 19.5 Å². The number of fused-ring (bicyclic) bond motifs is 4. The number of piperidine rings is 1. The third kappa shape index (κ3) is 6.44. The topological polar surface area (TPSA) is 95.9 Å². The SMILES string of the molecule is O=C(O)C[C@H](C(=O)N1CCC[C@](Cc2ccc(Cl)cc2)(NC(=O)OCC2c3ccccc3-c3ccccc32)C1)[C@@H]1CCc2ccccc21. The molecule has 48 heavy (non-hydrogen) atoms. The zero-order chi connectivity index (χ0) is 33.3. The van der Waals surface area contributed by atoms with Crippen LogP contribution in [0.15, 0.2) is 97.1 Å². The van der Waals surface area contributed by atoms with E-state index in [2.05, 4.69) is 35.6 Å². The van der Waals surface area contributed by atoms with Gasteiger partial charge in [-0.05, 0) is 89.1 Å². The molecule has 0 radical (unpaired) electrons. The Labute approximate surface area is 285 Å². The number of rotatable bonds is 9. The van der Waals surface area contributed by atoms with E-state index in [1.54, 1.807) is 4.90 Å². The number of halogens is 1. The van der Waals surface area contributed by atoms with E-state index in [0.717, 1.165) is 46.2 Å². The number of carbonyl (C=O) groups excluding carboxylic acids is 2. The lowest BCUT2D eigenvalue weighted by Crippen LogP contribution is -2.61. The van der Waals surface area contributed by atoms with Crippen LogP contribution < -0.4 is 5.32 Å². The monoisotopic (exact) mass is 662 g/mol. The molecule has 7 rings (SSSR count). The van der Waals surface area contributed by atoms with Crippen molar-refractivity contribution in [2.45, 2.75) is 55.9 Å². The zero-order valence-corrected chi connectivity index (χ0v) is 27.5. The molecule has 1 fully saturated rings. The van der Waals surface area contributed by atoms with Gasteiger partial charge in [-0.15, -0.1) is 0 Å². The van der Waals surface area contributed by atoms with Gasteiger partial charge in [0.15, 0.2) is 0 Å². The molecule has 246 valence electrons. The van der Waals surface area contributed by atoms with Gasteiger partial charge in [0, 0.05) is 24.0 Å². The molecule has 1 saturated heterocycles. The van der Waals surface area contributed by atoms with Gasteiger partial charge in [0.25, 0.3) is 0 Å². The molecule has 0 aromatic heterocycles. The van der Waals surface area contributed by atoms with E-state index in [4.69, 9.17) is 16.3 Å². The van der Waals surface area contributed by atoms with Gasteiger partial charge in [-0.1, -0.05) is 96.5 Å². The maximum Gasteiger partial charge on any atom is 0.407 e. The zero-order valence-electron chi connectivity index (χ0n) is 26.7. The second-order valence-corrected chi connectivity index (χ2v) is 13.9. The molecule has 2 N–H and O–H groups in total. The summed E-state index contributed by atoms with van der Waals surface area (Å²) >= 11 is 6.20. The van der Waals surface area contributed by atoms with Crippen LogP contribution in [0.5, 0.6) is 0 Å². The highest BCUT2D eigenvalue weighted by Crippen LogP contribution is 2.45. The van der Waals surface area contributed by atoms with Crippen LogP contribution in [0.2, 0.25) is 5.02 Å². The number of amides is 2. The molecule has 4 aromatic carbocycles. The van der Waals surface area contributed by atoms with Gasteiger partial charge in [-0.25, -0.2) is 4.79 Å². The van der Waals surface area contributed by atoms with Crippen LogP contribution >= 0.6 is 11.6 Å². The molecule has 1 aliphatic heterocycles. The van der Waals surface area contributed by atoms with Gasteiger partial charge in [0.2, 0.25) is 5.91 Å². The number of aryl methyl sites for hydroxylation is 1. The summed E-state index contributed by atoms with van der Waals surface area (Å²) in [4.78, 5) is 41.9. The van der Waals surface area contributed by atoms with Crippen molar-refractivity contribution in [3.8, 4) is 11.1 Å². The van der Waals surface area contributed by atoms with Crippen molar-refractivity contribution in [2.75, 3.05) is 19.7 Å². The van der Waals surface area contributed by atoms with Crippen LogP contribution in [0.25, 0.3) is 11.1 Å². The lowest BCUT2D eigenvalue weighted by Gasteiger charge is -2.44. The average Bonchev–Trinajstić information content (AvgIpc) is 3.66. The predicted molar refractivity (Wildman–Crippen MR) is 185 cm³/mol. The fraction of sp³-hybridized carbons (Fsp3) is 0.325. The molecule has 0 saturated carbocycles. The first kappa shape index (κ1) is 32.0. The molecule has 0 unspecified atom stereocenters. The lowest BCUT2D eigenvalue weighted by atomic mass is 9.80. The molecular weight excluding hydrogens is 624 g/mol. The Kier molecular flexibility index (Phi) is 8.97. The maximum atomic E-state index is 14.3. The highest BCUT2D eigenvalue weighted by Gasteiger charge is 2.44. The molecule has 2 aliphatic carbocycles. The molecule has 8 heteroatoms. The Morgan fingerprint density at radius 3 is 2.23 bits per heavy atom. The molecule has 1 heterocycles. The molecule has 0 spiro atoms. The Bertz CT molecular complexity index is 1800. The third-order valence-electron chi connectivity index (χ3n) is 10.4. The van der Waals surface area contributed by atoms with Crippen LogP contribution in [0.4, 0.5) is 4.79 Å². The summed E-state index contributed by atoms with van der Waals surface area (Å²) in [5.41, 5.74) is 6.99. The minimum absolute atomic E-state index is 0.0779. The second kappa shape index (κ2) is 13.5. The van der Waals surface area contributed by atoms with Crippen LogP contribution in [-0.4, -0.2) is 53.2 Å². The molecule has 2 amide bonds. The number of ether oxygens (including phenoxy) is 1. The van der Waals surface area contributed by atoms with Crippen LogP contribution in [0.1, 0.15) is 65.3 Å².